The van der Waals surface area contributed by atoms with Gasteiger partial charge in [0.2, 0.25) is 0 Å². The van der Waals surface area contributed by atoms with Gasteiger partial charge in [-0.25, -0.2) is 0 Å². The van der Waals surface area contributed by atoms with Crippen molar-refractivity contribution in [1.29, 1.82) is 0 Å². The topological polar surface area (TPSA) is 33.6 Å². The molecule has 0 saturated carbocycles. The van der Waals surface area contributed by atoms with E-state index in [1.165, 1.54) is 0 Å². The van der Waals surface area contributed by atoms with Crippen LogP contribution in [0.5, 0.6) is 0 Å². The van der Waals surface area contributed by atoms with Crippen molar-refractivity contribution in [2.24, 2.45) is 5.10 Å². The summed E-state index contributed by atoms with van der Waals surface area (Å²) in [6, 6.07) is 0.339. The van der Waals surface area contributed by atoms with Crippen LogP contribution in [-0.4, -0.2) is 25.0 Å². The highest BCUT2D eigenvalue weighted by Crippen LogP contribution is 1.93. The number of hydrazone groups is 1. The molecule has 1 heterocycles. The van der Waals surface area contributed by atoms with E-state index >= 15 is 0 Å². The number of ether oxygens (including phenoxy) is 1. The first-order chi connectivity index (χ1) is 4.29. The van der Waals surface area contributed by atoms with Crippen molar-refractivity contribution in [1.82, 2.24) is 5.43 Å². The van der Waals surface area contributed by atoms with E-state index in [1.54, 1.807) is 6.21 Å². The normalized spacial score (nSPS) is 35.3. The van der Waals surface area contributed by atoms with E-state index in [9.17, 15) is 0 Å². The molecule has 2 unspecified atom stereocenters. The zero-order valence-electron chi connectivity index (χ0n) is 5.79. The minimum atomic E-state index is 0.155. The van der Waals surface area contributed by atoms with Gasteiger partial charge in [-0.2, -0.15) is 5.10 Å². The van der Waals surface area contributed by atoms with Gasteiger partial charge in [-0.1, -0.05) is 0 Å². The summed E-state index contributed by atoms with van der Waals surface area (Å²) in [5.41, 5.74) is 2.92. The van der Waals surface area contributed by atoms with Crippen LogP contribution in [0.1, 0.15) is 13.8 Å². The molecule has 0 aromatic heterocycles. The van der Waals surface area contributed by atoms with E-state index in [-0.39, 0.29) is 6.10 Å². The van der Waals surface area contributed by atoms with Crippen LogP contribution in [0.15, 0.2) is 5.10 Å². The molecule has 0 radical (unpaired) electrons. The summed E-state index contributed by atoms with van der Waals surface area (Å²) in [6.45, 7) is 4.75. The van der Waals surface area contributed by atoms with Crippen LogP contribution in [0.25, 0.3) is 0 Å². The monoisotopic (exact) mass is 128 g/mol. The molecule has 3 nitrogen and oxygen atoms in total. The fourth-order valence-corrected chi connectivity index (χ4v) is 0.652. The molecule has 52 valence electrons. The summed E-state index contributed by atoms with van der Waals surface area (Å²) in [6.07, 6.45) is 1.92. The Morgan fingerprint density at radius 3 is 3.22 bits per heavy atom. The molecule has 9 heavy (non-hydrogen) atoms. The Labute approximate surface area is 55.1 Å². The van der Waals surface area contributed by atoms with Gasteiger partial charge in [0.25, 0.3) is 0 Å². The molecule has 0 spiro atoms. The molecule has 0 fully saturated rings. The van der Waals surface area contributed by atoms with Crippen LogP contribution in [0.2, 0.25) is 0 Å². The minimum Gasteiger partial charge on any atom is -0.371 e. The van der Waals surface area contributed by atoms with Crippen molar-refractivity contribution in [3.8, 4) is 0 Å². The van der Waals surface area contributed by atoms with Crippen molar-refractivity contribution in [3.05, 3.63) is 0 Å². The standard InChI is InChI=1S/C6H12N2O/c1-5-4-9-6(2)3-7-8-5/h3,5-6,8H,4H2,1-2H3. The van der Waals surface area contributed by atoms with Gasteiger partial charge in [0, 0.05) is 0 Å². The lowest BCUT2D eigenvalue weighted by molar-refractivity contribution is 0.103. The first kappa shape index (κ1) is 6.55. The fourth-order valence-electron chi connectivity index (χ4n) is 0.652. The van der Waals surface area contributed by atoms with E-state index in [0.717, 1.165) is 6.61 Å². The summed E-state index contributed by atoms with van der Waals surface area (Å²) < 4.78 is 5.30. The third-order valence-electron chi connectivity index (χ3n) is 1.19. The van der Waals surface area contributed by atoms with Crippen LogP contribution in [0.4, 0.5) is 0 Å². The second kappa shape index (κ2) is 2.82. The molecule has 1 aliphatic rings. The van der Waals surface area contributed by atoms with Gasteiger partial charge in [-0.3, -0.25) is 0 Å². The molecular formula is C6H12N2O. The zero-order chi connectivity index (χ0) is 6.69. The van der Waals surface area contributed by atoms with Gasteiger partial charge >= 0.3 is 0 Å². The lowest BCUT2D eigenvalue weighted by atomic mass is 10.4. The zero-order valence-corrected chi connectivity index (χ0v) is 5.79. The molecule has 1 N–H and O–H groups in total. The summed E-state index contributed by atoms with van der Waals surface area (Å²) in [4.78, 5) is 0. The maximum Gasteiger partial charge on any atom is 0.0916 e. The second-order valence-corrected chi connectivity index (χ2v) is 2.35. The molecule has 0 aliphatic carbocycles. The van der Waals surface area contributed by atoms with Gasteiger partial charge < -0.3 is 10.2 Å². The molecular weight excluding hydrogens is 116 g/mol. The minimum absolute atomic E-state index is 0.155. The van der Waals surface area contributed by atoms with Gasteiger partial charge in [0.05, 0.1) is 25.0 Å². The lowest BCUT2D eigenvalue weighted by Gasteiger charge is -2.07. The van der Waals surface area contributed by atoms with Crippen molar-refractivity contribution >= 4 is 6.21 Å². The second-order valence-electron chi connectivity index (χ2n) is 2.35. The maximum absolute atomic E-state index is 5.30. The number of hydrogen-bond acceptors (Lipinski definition) is 3. The van der Waals surface area contributed by atoms with Crippen LogP contribution < -0.4 is 5.43 Å². The number of hydrogen-bond donors (Lipinski definition) is 1. The van der Waals surface area contributed by atoms with Crippen LogP contribution in [-0.2, 0) is 4.74 Å². The first-order valence-electron chi connectivity index (χ1n) is 3.19. The highest BCUT2D eigenvalue weighted by Gasteiger charge is 2.06. The van der Waals surface area contributed by atoms with E-state index in [2.05, 4.69) is 10.5 Å². The number of nitrogens with one attached hydrogen (secondary N) is 1. The summed E-state index contributed by atoms with van der Waals surface area (Å²) in [7, 11) is 0. The highest BCUT2D eigenvalue weighted by molar-refractivity contribution is 5.62. The smallest absolute Gasteiger partial charge is 0.0916 e. The van der Waals surface area contributed by atoms with Crippen LogP contribution in [0, 0.1) is 0 Å². The summed E-state index contributed by atoms with van der Waals surface area (Å²) in [5.74, 6) is 0. The number of rotatable bonds is 0. The van der Waals surface area contributed by atoms with Crippen molar-refractivity contribution in [2.45, 2.75) is 26.0 Å². The third-order valence-corrected chi connectivity index (χ3v) is 1.19. The molecule has 0 amide bonds. The Balaban J connectivity index is 2.39. The van der Waals surface area contributed by atoms with Crippen LogP contribution >= 0.6 is 0 Å². The molecule has 3 heteroatoms. The Hall–Kier alpha value is -0.570. The molecule has 0 aromatic carbocycles. The molecule has 0 saturated heterocycles. The molecule has 1 aliphatic heterocycles. The molecule has 0 bridgehead atoms. The van der Waals surface area contributed by atoms with E-state index in [4.69, 9.17) is 4.74 Å². The Bertz CT molecular complexity index is 114. The predicted octanol–water partition coefficient (Wildman–Crippen LogP) is 0.369. The van der Waals surface area contributed by atoms with Crippen molar-refractivity contribution < 1.29 is 4.74 Å². The highest BCUT2D eigenvalue weighted by atomic mass is 16.5. The van der Waals surface area contributed by atoms with Gasteiger partial charge in [0.1, 0.15) is 0 Å². The Morgan fingerprint density at radius 2 is 2.44 bits per heavy atom. The van der Waals surface area contributed by atoms with Gasteiger partial charge in [-0.15, -0.1) is 0 Å². The van der Waals surface area contributed by atoms with Crippen molar-refractivity contribution in [2.75, 3.05) is 6.61 Å². The quantitative estimate of drug-likeness (QED) is 0.511. The molecule has 2 atom stereocenters. The van der Waals surface area contributed by atoms with Crippen LogP contribution in [0.3, 0.4) is 0 Å². The van der Waals surface area contributed by atoms with E-state index in [1.807, 2.05) is 13.8 Å². The average molecular weight is 128 g/mol. The fraction of sp³-hybridized carbons (Fsp3) is 0.833. The van der Waals surface area contributed by atoms with Gasteiger partial charge in [-0.05, 0) is 13.8 Å². The van der Waals surface area contributed by atoms with Gasteiger partial charge in [0.15, 0.2) is 0 Å². The third kappa shape index (κ3) is 2.01. The SMILES string of the molecule is CC1COC(C)C=NN1. The number of nitrogens with zero attached hydrogens (tertiary/aromatic N) is 1. The predicted molar refractivity (Wildman–Crippen MR) is 36.5 cm³/mol. The largest absolute Gasteiger partial charge is 0.371 e. The van der Waals surface area contributed by atoms with Crippen molar-refractivity contribution in [3.63, 3.8) is 0 Å². The molecule has 1 rings (SSSR count). The summed E-state index contributed by atoms with van der Waals surface area (Å²) in [5, 5.41) is 3.93. The van der Waals surface area contributed by atoms with E-state index < -0.39 is 0 Å². The van der Waals surface area contributed by atoms with E-state index in [0.29, 0.717) is 6.04 Å². The summed E-state index contributed by atoms with van der Waals surface area (Å²) >= 11 is 0. The lowest BCUT2D eigenvalue weighted by Crippen LogP contribution is -2.24. The average Bonchev–Trinajstić information content (AvgIpc) is 1.97. The molecule has 0 aromatic rings. The maximum atomic E-state index is 5.30. The first-order valence-corrected chi connectivity index (χ1v) is 3.19. The Kier molecular flexibility index (Phi) is 2.05. The Morgan fingerprint density at radius 1 is 1.67 bits per heavy atom.